The van der Waals surface area contributed by atoms with E-state index in [-0.39, 0.29) is 16.8 Å². The molecule has 0 aromatic heterocycles. The molecule has 1 aliphatic carbocycles. The highest BCUT2D eigenvalue weighted by Gasteiger charge is 2.29. The number of hydrogen-bond acceptors (Lipinski definition) is 3. The second-order valence-corrected chi connectivity index (χ2v) is 10.4. The fourth-order valence-corrected chi connectivity index (χ4v) is 6.25. The van der Waals surface area contributed by atoms with Crippen LogP contribution in [0.25, 0.3) is 0 Å². The third-order valence-electron chi connectivity index (χ3n) is 5.97. The lowest BCUT2D eigenvalue weighted by atomic mass is 10.0. The Bertz CT molecular complexity index is 972. The Hall–Kier alpha value is -2.18. The van der Waals surface area contributed by atoms with Crippen molar-refractivity contribution in [3.8, 4) is 0 Å². The van der Waals surface area contributed by atoms with Gasteiger partial charge in [0.15, 0.2) is 0 Å². The number of benzene rings is 2. The number of hydrogen-bond donors (Lipinski definition) is 2. The molecule has 31 heavy (non-hydrogen) atoms. The third-order valence-corrected chi connectivity index (χ3v) is 7.75. The summed E-state index contributed by atoms with van der Waals surface area (Å²) in [7, 11) is -3.86. The lowest BCUT2D eigenvalue weighted by Gasteiger charge is -2.23. The van der Waals surface area contributed by atoms with Gasteiger partial charge in [-0.25, -0.2) is 8.42 Å². The molecule has 168 valence electrons. The molecule has 0 bridgehead atoms. The number of carbonyl (C=O) groups is 1. The molecule has 0 heterocycles. The molecule has 5 nitrogen and oxygen atoms in total. The van der Waals surface area contributed by atoms with E-state index in [4.69, 9.17) is 0 Å². The quantitative estimate of drug-likeness (QED) is 0.627. The Balaban J connectivity index is 1.86. The maximum absolute atomic E-state index is 13.3. The predicted octanol–water partition coefficient (Wildman–Crippen LogP) is 4.34. The molecule has 0 aliphatic heterocycles. The summed E-state index contributed by atoms with van der Waals surface area (Å²) in [5.74, 6) is -0.248. The van der Waals surface area contributed by atoms with Crippen LogP contribution in [0.2, 0.25) is 0 Å². The zero-order valence-electron chi connectivity index (χ0n) is 18.8. The first-order valence-electron chi connectivity index (χ1n) is 11.2. The first kappa shape index (κ1) is 23.5. The molecular weight excluding hydrogens is 408 g/mol. The Labute approximate surface area is 186 Å². The highest BCUT2D eigenvalue weighted by molar-refractivity contribution is 7.89. The average Bonchev–Trinajstić information content (AvgIpc) is 2.95. The molecule has 1 atom stereocenters. The minimum Gasteiger partial charge on any atom is -0.352 e. The van der Waals surface area contributed by atoms with Gasteiger partial charge in [0.25, 0.3) is 0 Å². The van der Waals surface area contributed by atoms with Crippen LogP contribution < -0.4 is 10.0 Å². The van der Waals surface area contributed by atoms with Crippen LogP contribution in [0.1, 0.15) is 60.8 Å². The Morgan fingerprint density at radius 3 is 2.13 bits per heavy atom. The number of rotatable bonds is 7. The van der Waals surface area contributed by atoms with Gasteiger partial charge in [-0.1, -0.05) is 73.7 Å². The first-order chi connectivity index (χ1) is 14.8. The summed E-state index contributed by atoms with van der Waals surface area (Å²) in [5.41, 5.74) is 3.31. The van der Waals surface area contributed by atoms with Crippen molar-refractivity contribution in [2.24, 2.45) is 0 Å². The highest BCUT2D eigenvalue weighted by atomic mass is 32.2. The summed E-state index contributed by atoms with van der Waals surface area (Å²) in [5, 5.41) is 3.13. The summed E-state index contributed by atoms with van der Waals surface area (Å²) in [6.07, 6.45) is 6.79. The molecule has 0 spiro atoms. The van der Waals surface area contributed by atoms with Crippen LogP contribution in [0.15, 0.2) is 47.4 Å². The second kappa shape index (κ2) is 10.4. The number of sulfonamides is 1. The van der Waals surface area contributed by atoms with Crippen LogP contribution in [0, 0.1) is 20.8 Å². The largest absolute Gasteiger partial charge is 0.352 e. The topological polar surface area (TPSA) is 75.3 Å². The van der Waals surface area contributed by atoms with Crippen molar-refractivity contribution in [1.29, 1.82) is 0 Å². The van der Waals surface area contributed by atoms with Crippen molar-refractivity contribution in [3.05, 3.63) is 64.7 Å². The second-order valence-electron chi connectivity index (χ2n) is 8.79. The van der Waals surface area contributed by atoms with Gasteiger partial charge in [0.1, 0.15) is 6.04 Å². The number of carbonyl (C=O) groups excluding carboxylic acids is 1. The lowest BCUT2D eigenvalue weighted by molar-refractivity contribution is -0.123. The SMILES string of the molecule is Cc1cc(C)c(S(=O)(=O)N[C@@H](Cc2ccccc2)C(=O)NC2CCCCCC2)c(C)c1. The van der Waals surface area contributed by atoms with E-state index in [2.05, 4.69) is 10.0 Å². The summed E-state index contributed by atoms with van der Waals surface area (Å²) in [4.78, 5) is 13.5. The molecule has 1 aliphatic rings. The first-order valence-corrected chi connectivity index (χ1v) is 12.7. The molecule has 2 aromatic rings. The van der Waals surface area contributed by atoms with E-state index in [9.17, 15) is 13.2 Å². The van der Waals surface area contributed by atoms with Gasteiger partial charge in [0, 0.05) is 6.04 Å². The van der Waals surface area contributed by atoms with Crippen molar-refractivity contribution in [2.75, 3.05) is 0 Å². The molecule has 2 N–H and O–H groups in total. The molecule has 2 aromatic carbocycles. The molecule has 3 rings (SSSR count). The maximum atomic E-state index is 13.3. The van der Waals surface area contributed by atoms with E-state index < -0.39 is 16.1 Å². The maximum Gasteiger partial charge on any atom is 0.241 e. The van der Waals surface area contributed by atoms with E-state index in [1.807, 2.05) is 49.4 Å². The summed E-state index contributed by atoms with van der Waals surface area (Å²) in [6.45, 7) is 5.54. The summed E-state index contributed by atoms with van der Waals surface area (Å²) in [6, 6.07) is 12.5. The Morgan fingerprint density at radius 1 is 0.968 bits per heavy atom. The van der Waals surface area contributed by atoms with E-state index in [1.54, 1.807) is 13.8 Å². The van der Waals surface area contributed by atoms with Crippen LogP contribution in [-0.2, 0) is 21.2 Å². The van der Waals surface area contributed by atoms with Crippen molar-refractivity contribution in [3.63, 3.8) is 0 Å². The zero-order chi connectivity index (χ0) is 22.4. The van der Waals surface area contributed by atoms with Crippen LogP contribution in [0.5, 0.6) is 0 Å². The monoisotopic (exact) mass is 442 g/mol. The van der Waals surface area contributed by atoms with E-state index in [1.165, 1.54) is 12.8 Å². The smallest absolute Gasteiger partial charge is 0.241 e. The third kappa shape index (κ3) is 6.40. The Kier molecular flexibility index (Phi) is 7.89. The van der Waals surface area contributed by atoms with Gasteiger partial charge in [-0.05, 0) is 56.7 Å². The fourth-order valence-electron chi connectivity index (χ4n) is 4.60. The highest BCUT2D eigenvalue weighted by Crippen LogP contribution is 2.23. The zero-order valence-corrected chi connectivity index (χ0v) is 19.6. The standard InChI is InChI=1S/C25H34N2O3S/c1-18-15-19(2)24(20(3)16-18)31(29,30)27-23(17-21-11-7-6-8-12-21)25(28)26-22-13-9-4-5-10-14-22/h6-8,11-12,15-16,22-23,27H,4-5,9-10,13-14,17H2,1-3H3,(H,26,28)/t23-/m0/s1. The molecule has 6 heteroatoms. The molecule has 1 fully saturated rings. The molecule has 0 saturated heterocycles. The van der Waals surface area contributed by atoms with Crippen molar-refractivity contribution in [2.45, 2.75) is 82.7 Å². The van der Waals surface area contributed by atoms with E-state index in [0.717, 1.165) is 36.8 Å². The molecular formula is C25H34N2O3S. The van der Waals surface area contributed by atoms with Gasteiger partial charge in [0.2, 0.25) is 15.9 Å². The van der Waals surface area contributed by atoms with Gasteiger partial charge in [-0.2, -0.15) is 4.72 Å². The van der Waals surface area contributed by atoms with Crippen LogP contribution >= 0.6 is 0 Å². The Morgan fingerprint density at radius 2 is 1.55 bits per heavy atom. The number of aryl methyl sites for hydroxylation is 3. The number of nitrogens with one attached hydrogen (secondary N) is 2. The van der Waals surface area contributed by atoms with Crippen molar-refractivity contribution < 1.29 is 13.2 Å². The van der Waals surface area contributed by atoms with Crippen LogP contribution in [-0.4, -0.2) is 26.4 Å². The van der Waals surface area contributed by atoms with Crippen LogP contribution in [0.3, 0.4) is 0 Å². The summed E-state index contributed by atoms with van der Waals surface area (Å²) < 4.78 is 29.4. The predicted molar refractivity (Wildman–Crippen MR) is 125 cm³/mol. The normalized spacial score (nSPS) is 16.5. The lowest BCUT2D eigenvalue weighted by Crippen LogP contribution is -2.50. The van der Waals surface area contributed by atoms with Gasteiger partial charge in [0.05, 0.1) is 4.90 Å². The van der Waals surface area contributed by atoms with E-state index >= 15 is 0 Å². The van der Waals surface area contributed by atoms with Crippen LogP contribution in [0.4, 0.5) is 0 Å². The van der Waals surface area contributed by atoms with E-state index in [0.29, 0.717) is 17.5 Å². The van der Waals surface area contributed by atoms with Gasteiger partial charge in [-0.3, -0.25) is 4.79 Å². The molecule has 0 radical (unpaired) electrons. The van der Waals surface area contributed by atoms with Gasteiger partial charge < -0.3 is 5.32 Å². The van der Waals surface area contributed by atoms with Gasteiger partial charge in [-0.15, -0.1) is 0 Å². The molecule has 0 unspecified atom stereocenters. The fraction of sp³-hybridized carbons (Fsp3) is 0.480. The van der Waals surface area contributed by atoms with Crippen molar-refractivity contribution in [1.82, 2.24) is 10.0 Å². The average molecular weight is 443 g/mol. The summed E-state index contributed by atoms with van der Waals surface area (Å²) >= 11 is 0. The minimum absolute atomic E-state index is 0.112. The van der Waals surface area contributed by atoms with Gasteiger partial charge >= 0.3 is 0 Å². The molecule has 1 amide bonds. The minimum atomic E-state index is -3.86. The molecule has 1 saturated carbocycles. The number of amides is 1. The van der Waals surface area contributed by atoms with Crippen molar-refractivity contribution >= 4 is 15.9 Å².